The maximum Gasteiger partial charge on any atom is 0.331 e. The molecular weight excluding hydrogens is 341 g/mol. The van der Waals surface area contributed by atoms with Gasteiger partial charge in [-0.15, -0.1) is 0 Å². The van der Waals surface area contributed by atoms with Gasteiger partial charge >= 0.3 is 5.97 Å². The van der Waals surface area contributed by atoms with Crippen LogP contribution in [0.5, 0.6) is 0 Å². The lowest BCUT2D eigenvalue weighted by atomic mass is 10.3. The summed E-state index contributed by atoms with van der Waals surface area (Å²) in [6, 6.07) is 5.43. The Balaban J connectivity index is 1.90. The molecule has 0 saturated carbocycles. The Hall–Kier alpha value is -2.18. The average Bonchev–Trinajstić information content (AvgIpc) is 3.01. The molecule has 0 aliphatic rings. The number of halogens is 2. The molecule has 1 aromatic heterocycles. The van der Waals surface area contributed by atoms with Crippen LogP contribution in [0.15, 0.2) is 41.1 Å². The largest absolute Gasteiger partial charge is 0.449 e. The van der Waals surface area contributed by atoms with Crippen molar-refractivity contribution in [3.8, 4) is 0 Å². The lowest BCUT2D eigenvalue weighted by Gasteiger charge is -2.13. The van der Waals surface area contributed by atoms with E-state index in [2.05, 4.69) is 5.32 Å². The number of hydrogen-bond acceptors (Lipinski definition) is 4. The topological polar surface area (TPSA) is 55.4 Å². The highest BCUT2D eigenvalue weighted by Crippen LogP contribution is 2.22. The quantitative estimate of drug-likeness (QED) is 0.649. The number of ether oxygens (including phenoxy) is 1. The molecule has 2 aromatic rings. The number of thiophene rings is 1. The zero-order valence-electron chi connectivity index (χ0n) is 12.1. The van der Waals surface area contributed by atoms with Gasteiger partial charge in [0.05, 0.1) is 10.7 Å². The van der Waals surface area contributed by atoms with Crippen molar-refractivity contribution in [3.05, 3.63) is 57.5 Å². The molecule has 1 heterocycles. The van der Waals surface area contributed by atoms with Crippen molar-refractivity contribution < 1.29 is 18.7 Å². The van der Waals surface area contributed by atoms with Crippen LogP contribution >= 0.6 is 22.9 Å². The Morgan fingerprint density at radius 3 is 2.83 bits per heavy atom. The number of esters is 1. The van der Waals surface area contributed by atoms with Crippen LogP contribution in [0.3, 0.4) is 0 Å². The Morgan fingerprint density at radius 1 is 1.39 bits per heavy atom. The van der Waals surface area contributed by atoms with E-state index in [9.17, 15) is 14.0 Å². The van der Waals surface area contributed by atoms with Crippen LogP contribution in [0.25, 0.3) is 6.08 Å². The zero-order valence-corrected chi connectivity index (χ0v) is 13.7. The maximum absolute atomic E-state index is 12.9. The van der Waals surface area contributed by atoms with Crippen LogP contribution in [0, 0.1) is 5.82 Å². The summed E-state index contributed by atoms with van der Waals surface area (Å²) in [5.74, 6) is -1.70. The van der Waals surface area contributed by atoms with E-state index in [1.54, 1.807) is 6.08 Å². The summed E-state index contributed by atoms with van der Waals surface area (Å²) in [5.41, 5.74) is 1.12. The third-order valence-electron chi connectivity index (χ3n) is 2.81. The highest BCUT2D eigenvalue weighted by atomic mass is 35.5. The molecule has 0 aliphatic heterocycles. The van der Waals surface area contributed by atoms with Crippen molar-refractivity contribution >= 4 is 46.6 Å². The first-order valence-corrected chi connectivity index (χ1v) is 7.94. The highest BCUT2D eigenvalue weighted by Gasteiger charge is 2.17. The normalized spacial score (nSPS) is 12.1. The SMILES string of the molecule is C[C@H](OC(=O)/C=C/c1ccsc1)C(=O)Nc1ccc(F)cc1Cl. The van der Waals surface area contributed by atoms with Gasteiger partial charge < -0.3 is 10.1 Å². The summed E-state index contributed by atoms with van der Waals surface area (Å²) >= 11 is 7.33. The van der Waals surface area contributed by atoms with E-state index in [1.807, 2.05) is 16.8 Å². The van der Waals surface area contributed by atoms with E-state index in [0.29, 0.717) is 0 Å². The van der Waals surface area contributed by atoms with E-state index in [1.165, 1.54) is 36.5 Å². The second kappa shape index (κ2) is 7.89. The predicted molar refractivity (Wildman–Crippen MR) is 88.9 cm³/mol. The molecule has 7 heteroatoms. The molecule has 1 atom stereocenters. The van der Waals surface area contributed by atoms with Crippen molar-refractivity contribution in [2.75, 3.05) is 5.32 Å². The summed E-state index contributed by atoms with van der Waals surface area (Å²) in [7, 11) is 0. The number of benzene rings is 1. The molecule has 120 valence electrons. The van der Waals surface area contributed by atoms with Crippen LogP contribution in [0.4, 0.5) is 10.1 Å². The fourth-order valence-corrected chi connectivity index (χ4v) is 2.47. The van der Waals surface area contributed by atoms with Gasteiger partial charge in [0.15, 0.2) is 6.10 Å². The van der Waals surface area contributed by atoms with Crippen molar-refractivity contribution in [2.45, 2.75) is 13.0 Å². The fourth-order valence-electron chi connectivity index (χ4n) is 1.63. The number of amides is 1. The first-order chi connectivity index (χ1) is 11.0. The van der Waals surface area contributed by atoms with Crippen LogP contribution < -0.4 is 5.32 Å². The van der Waals surface area contributed by atoms with Crippen molar-refractivity contribution in [3.63, 3.8) is 0 Å². The standard InChI is InChI=1S/C16H13ClFNO3S/c1-10(22-15(20)5-2-11-6-7-23-9-11)16(21)19-14-4-3-12(18)8-13(14)17/h2-10H,1H3,(H,19,21)/b5-2+/t10-/m0/s1. The minimum Gasteiger partial charge on any atom is -0.449 e. The monoisotopic (exact) mass is 353 g/mol. The number of hydrogen-bond donors (Lipinski definition) is 1. The number of anilines is 1. The van der Waals surface area contributed by atoms with Gasteiger partial charge in [-0.2, -0.15) is 11.3 Å². The summed E-state index contributed by atoms with van der Waals surface area (Å²) < 4.78 is 17.9. The second-order valence-electron chi connectivity index (χ2n) is 4.58. The third-order valence-corrected chi connectivity index (χ3v) is 3.82. The van der Waals surface area contributed by atoms with E-state index in [0.717, 1.165) is 11.6 Å². The van der Waals surface area contributed by atoms with E-state index in [-0.39, 0.29) is 10.7 Å². The van der Waals surface area contributed by atoms with Gasteiger partial charge in [0.25, 0.3) is 5.91 Å². The molecule has 0 fully saturated rings. The fraction of sp³-hybridized carbons (Fsp3) is 0.125. The van der Waals surface area contributed by atoms with Crippen LogP contribution in [-0.4, -0.2) is 18.0 Å². The second-order valence-corrected chi connectivity index (χ2v) is 5.77. The molecule has 0 unspecified atom stereocenters. The minimum absolute atomic E-state index is 0.0641. The molecule has 2 rings (SSSR count). The van der Waals surface area contributed by atoms with Crippen LogP contribution in [-0.2, 0) is 14.3 Å². The third kappa shape index (κ3) is 5.19. The highest BCUT2D eigenvalue weighted by molar-refractivity contribution is 7.08. The van der Waals surface area contributed by atoms with Crippen LogP contribution in [0.2, 0.25) is 5.02 Å². The van der Waals surface area contributed by atoms with Gasteiger partial charge in [-0.25, -0.2) is 9.18 Å². The molecular formula is C16H13ClFNO3S. The van der Waals surface area contributed by atoms with Gasteiger partial charge in [-0.1, -0.05) is 11.6 Å². The van der Waals surface area contributed by atoms with E-state index >= 15 is 0 Å². The maximum atomic E-state index is 12.9. The Kier molecular flexibility index (Phi) is 5.90. The van der Waals surface area contributed by atoms with Crippen molar-refractivity contribution in [2.24, 2.45) is 0 Å². The predicted octanol–water partition coefficient (Wildman–Crippen LogP) is 4.12. The lowest BCUT2D eigenvalue weighted by Crippen LogP contribution is -2.29. The first-order valence-electron chi connectivity index (χ1n) is 6.62. The van der Waals surface area contributed by atoms with E-state index in [4.69, 9.17) is 16.3 Å². The molecule has 0 bridgehead atoms. The first kappa shape index (κ1) is 17.2. The lowest BCUT2D eigenvalue weighted by molar-refractivity contribution is -0.148. The van der Waals surface area contributed by atoms with E-state index < -0.39 is 23.8 Å². The molecule has 0 saturated heterocycles. The Bertz CT molecular complexity index is 731. The Morgan fingerprint density at radius 2 is 2.17 bits per heavy atom. The van der Waals surface area contributed by atoms with Gasteiger partial charge in [0.1, 0.15) is 5.82 Å². The van der Waals surface area contributed by atoms with Gasteiger partial charge in [-0.3, -0.25) is 4.79 Å². The van der Waals surface area contributed by atoms with Gasteiger partial charge in [0.2, 0.25) is 0 Å². The van der Waals surface area contributed by atoms with Crippen LogP contribution in [0.1, 0.15) is 12.5 Å². The molecule has 23 heavy (non-hydrogen) atoms. The number of carbonyl (C=O) groups is 2. The molecule has 0 spiro atoms. The zero-order chi connectivity index (χ0) is 16.8. The number of rotatable bonds is 5. The minimum atomic E-state index is -1.02. The molecule has 0 radical (unpaired) electrons. The molecule has 1 aromatic carbocycles. The molecule has 0 aliphatic carbocycles. The summed E-state index contributed by atoms with van der Waals surface area (Å²) in [6.45, 7) is 1.43. The summed E-state index contributed by atoms with van der Waals surface area (Å²) in [4.78, 5) is 23.6. The number of nitrogens with one attached hydrogen (secondary N) is 1. The Labute approximate surface area is 141 Å². The van der Waals surface area contributed by atoms with Gasteiger partial charge in [0, 0.05) is 6.08 Å². The number of carbonyl (C=O) groups excluding carboxylic acids is 2. The van der Waals surface area contributed by atoms with Crippen molar-refractivity contribution in [1.82, 2.24) is 0 Å². The smallest absolute Gasteiger partial charge is 0.331 e. The molecule has 1 amide bonds. The summed E-state index contributed by atoms with van der Waals surface area (Å²) in [6.07, 6.45) is 1.83. The molecule has 4 nitrogen and oxygen atoms in total. The van der Waals surface area contributed by atoms with Gasteiger partial charge in [-0.05, 0) is 53.6 Å². The molecule has 1 N–H and O–H groups in total. The van der Waals surface area contributed by atoms with Crippen molar-refractivity contribution in [1.29, 1.82) is 0 Å². The average molecular weight is 354 g/mol. The summed E-state index contributed by atoms with van der Waals surface area (Å²) in [5, 5.41) is 6.29.